The Balaban J connectivity index is 2.20. The van der Waals surface area contributed by atoms with Crippen molar-refractivity contribution in [1.82, 2.24) is 4.72 Å². The number of rotatable bonds is 6. The zero-order chi connectivity index (χ0) is 18.4. The molecule has 0 unspecified atom stereocenters. The fourth-order valence-corrected chi connectivity index (χ4v) is 3.51. The molecular weight excluding hydrogens is 455 g/mol. The number of sulfonamides is 1. The molecule has 0 saturated heterocycles. The second kappa shape index (κ2) is 8.45. The number of methoxy groups -OCH3 is 1. The molecule has 8 heteroatoms. The molecule has 132 valence electrons. The smallest absolute Gasteiger partial charge is 0.248 e. The Morgan fingerprint density at radius 1 is 1.20 bits per heavy atom. The van der Waals surface area contributed by atoms with Gasteiger partial charge in [-0.3, -0.25) is 4.79 Å². The van der Waals surface area contributed by atoms with Crippen molar-refractivity contribution in [2.24, 2.45) is 0 Å². The number of carbonyl (C=O) groups is 1. The number of nitrogens with one attached hydrogen (secondary N) is 2. The van der Waals surface area contributed by atoms with Crippen LogP contribution in [0.3, 0.4) is 0 Å². The van der Waals surface area contributed by atoms with Crippen LogP contribution in [0.1, 0.15) is 5.56 Å². The molecule has 0 heterocycles. The van der Waals surface area contributed by atoms with Crippen LogP contribution in [0.15, 0.2) is 53.4 Å². The Morgan fingerprint density at radius 2 is 1.96 bits per heavy atom. The maximum absolute atomic E-state index is 12.0. The number of ether oxygens (including phenoxy) is 1. The number of hydrogen-bond donors (Lipinski definition) is 2. The van der Waals surface area contributed by atoms with Gasteiger partial charge in [-0.1, -0.05) is 12.1 Å². The number of carbonyl (C=O) groups excluding carboxylic acids is 1. The Kier molecular flexibility index (Phi) is 6.57. The molecule has 0 fully saturated rings. The summed E-state index contributed by atoms with van der Waals surface area (Å²) in [6.07, 6.45) is 2.88. The number of benzene rings is 2. The van der Waals surface area contributed by atoms with E-state index in [1.54, 1.807) is 18.2 Å². The van der Waals surface area contributed by atoms with Gasteiger partial charge in [0, 0.05) is 15.3 Å². The standard InChI is InChI=1S/C17H17IN2O4S/c1-19-25(22,23)16-10-12(6-8-15(16)24-2)7-9-17(21)20-14-5-3-4-13(18)11-14/h3-11,19H,1-2H3,(H,20,21)/b9-7+. The molecule has 0 radical (unpaired) electrons. The molecule has 0 bridgehead atoms. The highest BCUT2D eigenvalue weighted by Gasteiger charge is 2.17. The van der Waals surface area contributed by atoms with E-state index in [0.717, 1.165) is 3.57 Å². The average molecular weight is 472 g/mol. The van der Waals surface area contributed by atoms with Crippen molar-refractivity contribution in [3.8, 4) is 5.75 Å². The van der Waals surface area contributed by atoms with Gasteiger partial charge in [-0.25, -0.2) is 13.1 Å². The van der Waals surface area contributed by atoms with Gasteiger partial charge in [0.05, 0.1) is 7.11 Å². The summed E-state index contributed by atoms with van der Waals surface area (Å²) < 4.78 is 32.4. The van der Waals surface area contributed by atoms with E-state index in [-0.39, 0.29) is 16.6 Å². The van der Waals surface area contributed by atoms with E-state index in [1.165, 1.54) is 32.4 Å². The van der Waals surface area contributed by atoms with Crippen molar-refractivity contribution in [1.29, 1.82) is 0 Å². The fraction of sp³-hybridized carbons (Fsp3) is 0.118. The highest BCUT2D eigenvalue weighted by molar-refractivity contribution is 14.1. The molecular formula is C17H17IN2O4S. The SMILES string of the molecule is CNS(=O)(=O)c1cc(/C=C/C(=O)Nc2cccc(I)c2)ccc1OC. The van der Waals surface area contributed by atoms with Crippen LogP contribution in [0, 0.1) is 3.57 Å². The van der Waals surface area contributed by atoms with Crippen LogP contribution < -0.4 is 14.8 Å². The van der Waals surface area contributed by atoms with Crippen LogP contribution in [-0.4, -0.2) is 28.5 Å². The van der Waals surface area contributed by atoms with Crippen LogP contribution in [0.25, 0.3) is 6.08 Å². The van der Waals surface area contributed by atoms with E-state index < -0.39 is 10.0 Å². The first kappa shape index (κ1) is 19.4. The minimum absolute atomic E-state index is 0.0117. The van der Waals surface area contributed by atoms with Crippen LogP contribution in [-0.2, 0) is 14.8 Å². The highest BCUT2D eigenvalue weighted by atomic mass is 127. The maximum atomic E-state index is 12.0. The van der Waals surface area contributed by atoms with Gasteiger partial charge in [0.2, 0.25) is 15.9 Å². The fourth-order valence-electron chi connectivity index (χ4n) is 2.04. The molecule has 1 amide bonds. The molecule has 0 saturated carbocycles. The minimum atomic E-state index is -3.67. The van der Waals surface area contributed by atoms with E-state index in [4.69, 9.17) is 4.74 Å². The molecule has 2 rings (SSSR count). The third-order valence-corrected chi connectivity index (χ3v) is 5.37. The predicted octanol–water partition coefficient (Wildman–Crippen LogP) is 2.86. The second-order valence-corrected chi connectivity index (χ2v) is 8.05. The van der Waals surface area contributed by atoms with Gasteiger partial charge >= 0.3 is 0 Å². The topological polar surface area (TPSA) is 84.5 Å². The van der Waals surface area contributed by atoms with Crippen molar-refractivity contribution < 1.29 is 17.9 Å². The van der Waals surface area contributed by atoms with Gasteiger partial charge in [-0.05, 0) is 71.6 Å². The van der Waals surface area contributed by atoms with E-state index in [0.29, 0.717) is 11.3 Å². The van der Waals surface area contributed by atoms with E-state index in [1.807, 2.05) is 18.2 Å². The molecule has 0 aromatic heterocycles. The Bertz CT molecular complexity index is 911. The zero-order valence-corrected chi connectivity index (χ0v) is 16.6. The molecule has 0 spiro atoms. The summed E-state index contributed by atoms with van der Waals surface area (Å²) >= 11 is 2.16. The first-order valence-electron chi connectivity index (χ1n) is 7.22. The number of amides is 1. The first-order valence-corrected chi connectivity index (χ1v) is 9.78. The van der Waals surface area contributed by atoms with Crippen LogP contribution in [0.5, 0.6) is 5.75 Å². The monoisotopic (exact) mass is 472 g/mol. The largest absolute Gasteiger partial charge is 0.495 e. The maximum Gasteiger partial charge on any atom is 0.248 e. The van der Waals surface area contributed by atoms with Gasteiger partial charge in [0.25, 0.3) is 0 Å². The molecule has 2 aromatic rings. The van der Waals surface area contributed by atoms with Crippen molar-refractivity contribution >= 4 is 50.3 Å². The quantitative estimate of drug-likeness (QED) is 0.501. The summed E-state index contributed by atoms with van der Waals surface area (Å²) in [5, 5.41) is 2.75. The summed E-state index contributed by atoms with van der Waals surface area (Å²) in [6, 6.07) is 12.1. The summed E-state index contributed by atoms with van der Waals surface area (Å²) in [7, 11) is -0.943. The number of anilines is 1. The van der Waals surface area contributed by atoms with Crippen LogP contribution in [0.2, 0.25) is 0 Å². The van der Waals surface area contributed by atoms with Crippen molar-refractivity contribution in [3.63, 3.8) is 0 Å². The van der Waals surface area contributed by atoms with E-state index in [2.05, 4.69) is 32.6 Å². The van der Waals surface area contributed by atoms with Gasteiger partial charge in [-0.15, -0.1) is 0 Å². The molecule has 0 aliphatic heterocycles. The Labute approximate surface area is 160 Å². The van der Waals surface area contributed by atoms with Gasteiger partial charge in [0.15, 0.2) is 0 Å². The van der Waals surface area contributed by atoms with Gasteiger partial charge in [-0.2, -0.15) is 0 Å². The molecule has 0 atom stereocenters. The molecule has 2 aromatic carbocycles. The van der Waals surface area contributed by atoms with Gasteiger partial charge < -0.3 is 10.1 Å². The van der Waals surface area contributed by atoms with Crippen LogP contribution >= 0.6 is 22.6 Å². The Hall–Kier alpha value is -1.91. The minimum Gasteiger partial charge on any atom is -0.495 e. The van der Waals surface area contributed by atoms with E-state index in [9.17, 15) is 13.2 Å². The van der Waals surface area contributed by atoms with E-state index >= 15 is 0 Å². The molecule has 6 nitrogen and oxygen atoms in total. The third-order valence-electron chi connectivity index (χ3n) is 3.27. The lowest BCUT2D eigenvalue weighted by molar-refractivity contribution is -0.111. The molecule has 0 aliphatic carbocycles. The number of hydrogen-bond acceptors (Lipinski definition) is 4. The summed E-state index contributed by atoms with van der Waals surface area (Å²) in [5.41, 5.74) is 1.25. The highest BCUT2D eigenvalue weighted by Crippen LogP contribution is 2.25. The van der Waals surface area contributed by atoms with Gasteiger partial charge in [0.1, 0.15) is 10.6 Å². The molecule has 2 N–H and O–H groups in total. The normalized spacial score (nSPS) is 11.5. The molecule has 25 heavy (non-hydrogen) atoms. The predicted molar refractivity (Wildman–Crippen MR) is 106 cm³/mol. The van der Waals surface area contributed by atoms with Crippen molar-refractivity contribution in [3.05, 3.63) is 57.7 Å². The van der Waals surface area contributed by atoms with Crippen LogP contribution in [0.4, 0.5) is 5.69 Å². The summed E-state index contributed by atoms with van der Waals surface area (Å²) in [5.74, 6) is -0.0781. The summed E-state index contributed by atoms with van der Waals surface area (Å²) in [6.45, 7) is 0. The van der Waals surface area contributed by atoms with Crippen molar-refractivity contribution in [2.75, 3.05) is 19.5 Å². The first-order chi connectivity index (χ1) is 11.9. The average Bonchev–Trinajstić information content (AvgIpc) is 2.59. The lowest BCUT2D eigenvalue weighted by Gasteiger charge is -2.09. The lowest BCUT2D eigenvalue weighted by Crippen LogP contribution is -2.19. The summed E-state index contributed by atoms with van der Waals surface area (Å²) in [4.78, 5) is 12.0. The molecule has 0 aliphatic rings. The zero-order valence-electron chi connectivity index (χ0n) is 13.6. The van der Waals surface area contributed by atoms with Crippen molar-refractivity contribution in [2.45, 2.75) is 4.90 Å². The number of halogens is 1. The third kappa shape index (κ3) is 5.28. The lowest BCUT2D eigenvalue weighted by atomic mass is 10.2. The second-order valence-electron chi connectivity index (χ2n) is 4.95. The Morgan fingerprint density at radius 3 is 2.60 bits per heavy atom.